The first-order valence-electron chi connectivity index (χ1n) is 6.76. The molecule has 2 rings (SSSR count). The molecule has 18 heavy (non-hydrogen) atoms. The molecule has 0 aromatic carbocycles. The normalized spacial score (nSPS) is 21.9. The number of pyridine rings is 1. The minimum absolute atomic E-state index is 0.280. The van der Waals surface area contributed by atoms with Crippen molar-refractivity contribution < 1.29 is 4.39 Å². The molecule has 2 heterocycles. The van der Waals surface area contributed by atoms with Crippen LogP contribution in [0.4, 0.5) is 10.1 Å². The fourth-order valence-electron chi connectivity index (χ4n) is 2.51. The lowest BCUT2D eigenvalue weighted by Crippen LogP contribution is -2.32. The van der Waals surface area contributed by atoms with Crippen LogP contribution in [-0.4, -0.2) is 35.1 Å². The largest absolute Gasteiger partial charge is 0.381 e. The van der Waals surface area contributed by atoms with Gasteiger partial charge in [0.1, 0.15) is 5.82 Å². The van der Waals surface area contributed by atoms with Crippen LogP contribution in [0.25, 0.3) is 0 Å². The van der Waals surface area contributed by atoms with Gasteiger partial charge in [-0.25, -0.2) is 4.39 Å². The van der Waals surface area contributed by atoms with E-state index in [1.54, 1.807) is 6.20 Å². The average Bonchev–Trinajstić information content (AvgIpc) is 2.55. The molecule has 1 atom stereocenters. The van der Waals surface area contributed by atoms with E-state index in [4.69, 9.17) is 0 Å². The second-order valence-corrected chi connectivity index (χ2v) is 5.29. The first-order chi connectivity index (χ1) is 8.65. The Morgan fingerprint density at radius 3 is 2.89 bits per heavy atom. The maximum Gasteiger partial charge on any atom is 0.143 e. The quantitative estimate of drug-likeness (QED) is 0.895. The van der Waals surface area contributed by atoms with Crippen molar-refractivity contribution in [3.63, 3.8) is 0 Å². The molecular formula is C14H22FN3. The standard InChI is InChI=1S/C14H22FN3/c1-11(2)18-6-3-4-13(5-7-18)17-14-8-12(15)9-16-10-14/h8-11,13,17H,3-7H2,1-2H3. The number of hydrogen-bond acceptors (Lipinski definition) is 3. The molecule has 1 unspecified atom stereocenters. The van der Waals surface area contributed by atoms with Crippen molar-refractivity contribution in [2.45, 2.75) is 45.2 Å². The molecule has 1 aliphatic rings. The van der Waals surface area contributed by atoms with Gasteiger partial charge < -0.3 is 10.2 Å². The topological polar surface area (TPSA) is 28.2 Å². The third-order valence-electron chi connectivity index (χ3n) is 3.57. The summed E-state index contributed by atoms with van der Waals surface area (Å²) in [5.74, 6) is -0.280. The Bertz CT molecular complexity index is 381. The summed E-state index contributed by atoms with van der Waals surface area (Å²) in [7, 11) is 0. The summed E-state index contributed by atoms with van der Waals surface area (Å²) in [5, 5.41) is 3.39. The lowest BCUT2D eigenvalue weighted by atomic mass is 10.1. The lowest BCUT2D eigenvalue weighted by molar-refractivity contribution is 0.230. The molecule has 1 saturated heterocycles. The smallest absolute Gasteiger partial charge is 0.143 e. The number of likely N-dealkylation sites (tertiary alicyclic amines) is 1. The van der Waals surface area contributed by atoms with Gasteiger partial charge in [0.25, 0.3) is 0 Å². The summed E-state index contributed by atoms with van der Waals surface area (Å²) in [4.78, 5) is 6.37. The third-order valence-corrected chi connectivity index (χ3v) is 3.57. The van der Waals surface area contributed by atoms with E-state index in [1.807, 2.05) is 0 Å². The summed E-state index contributed by atoms with van der Waals surface area (Å²) < 4.78 is 13.1. The third kappa shape index (κ3) is 3.67. The van der Waals surface area contributed by atoms with Crippen LogP contribution in [0.15, 0.2) is 18.5 Å². The Hall–Kier alpha value is -1.16. The summed E-state index contributed by atoms with van der Waals surface area (Å²) in [6, 6.07) is 2.55. The van der Waals surface area contributed by atoms with E-state index in [-0.39, 0.29) is 5.82 Å². The first kappa shape index (κ1) is 13.3. The fourth-order valence-corrected chi connectivity index (χ4v) is 2.51. The number of aromatic nitrogens is 1. The number of rotatable bonds is 3. The Kier molecular flexibility index (Phi) is 4.53. The Morgan fingerprint density at radius 2 is 2.17 bits per heavy atom. The van der Waals surface area contributed by atoms with E-state index in [2.05, 4.69) is 29.0 Å². The SMILES string of the molecule is CC(C)N1CCCC(Nc2cncc(F)c2)CC1. The summed E-state index contributed by atoms with van der Waals surface area (Å²) in [6.45, 7) is 6.75. The van der Waals surface area contributed by atoms with Gasteiger partial charge >= 0.3 is 0 Å². The molecule has 0 aliphatic carbocycles. The zero-order chi connectivity index (χ0) is 13.0. The van der Waals surface area contributed by atoms with Gasteiger partial charge in [0.2, 0.25) is 0 Å². The molecule has 4 heteroatoms. The van der Waals surface area contributed by atoms with Crippen LogP contribution in [0.1, 0.15) is 33.1 Å². The molecule has 0 amide bonds. The highest BCUT2D eigenvalue weighted by atomic mass is 19.1. The number of hydrogen-bond donors (Lipinski definition) is 1. The van der Waals surface area contributed by atoms with E-state index in [9.17, 15) is 4.39 Å². The molecule has 1 fully saturated rings. The van der Waals surface area contributed by atoms with Crippen LogP contribution in [0.2, 0.25) is 0 Å². The van der Waals surface area contributed by atoms with Crippen molar-refractivity contribution >= 4 is 5.69 Å². The van der Waals surface area contributed by atoms with E-state index in [0.29, 0.717) is 12.1 Å². The van der Waals surface area contributed by atoms with Crippen molar-refractivity contribution in [3.05, 3.63) is 24.3 Å². The summed E-state index contributed by atoms with van der Waals surface area (Å²) in [5.41, 5.74) is 0.790. The Morgan fingerprint density at radius 1 is 1.33 bits per heavy atom. The van der Waals surface area contributed by atoms with Crippen molar-refractivity contribution in [1.29, 1.82) is 0 Å². The second-order valence-electron chi connectivity index (χ2n) is 5.29. The second kappa shape index (κ2) is 6.14. The van der Waals surface area contributed by atoms with Gasteiger partial charge in [-0.3, -0.25) is 4.98 Å². The zero-order valence-corrected chi connectivity index (χ0v) is 11.2. The van der Waals surface area contributed by atoms with Crippen molar-refractivity contribution in [3.8, 4) is 0 Å². The number of nitrogens with zero attached hydrogens (tertiary/aromatic N) is 2. The molecular weight excluding hydrogens is 229 g/mol. The van der Waals surface area contributed by atoms with Crippen LogP contribution in [0.3, 0.4) is 0 Å². The molecule has 1 N–H and O–H groups in total. The van der Waals surface area contributed by atoms with Crippen molar-refractivity contribution in [2.24, 2.45) is 0 Å². The molecule has 0 spiro atoms. The zero-order valence-electron chi connectivity index (χ0n) is 11.2. The summed E-state index contributed by atoms with van der Waals surface area (Å²) >= 11 is 0. The van der Waals surface area contributed by atoms with E-state index in [0.717, 1.165) is 31.6 Å². The maximum atomic E-state index is 13.1. The predicted octanol–water partition coefficient (Wildman–Crippen LogP) is 2.90. The fraction of sp³-hybridized carbons (Fsp3) is 0.643. The van der Waals surface area contributed by atoms with Crippen LogP contribution in [-0.2, 0) is 0 Å². The summed E-state index contributed by atoms with van der Waals surface area (Å²) in [6.07, 6.45) is 6.36. The number of nitrogens with one attached hydrogen (secondary N) is 1. The molecule has 0 saturated carbocycles. The monoisotopic (exact) mass is 251 g/mol. The van der Waals surface area contributed by atoms with Crippen LogP contribution < -0.4 is 5.32 Å². The molecule has 0 radical (unpaired) electrons. The molecule has 3 nitrogen and oxygen atoms in total. The van der Waals surface area contributed by atoms with Crippen LogP contribution in [0, 0.1) is 5.82 Å². The van der Waals surface area contributed by atoms with Gasteiger partial charge in [-0.05, 0) is 39.7 Å². The highest BCUT2D eigenvalue weighted by molar-refractivity contribution is 5.41. The minimum atomic E-state index is -0.280. The lowest BCUT2D eigenvalue weighted by Gasteiger charge is -2.24. The molecule has 1 aromatic heterocycles. The molecule has 100 valence electrons. The maximum absolute atomic E-state index is 13.1. The van der Waals surface area contributed by atoms with E-state index in [1.165, 1.54) is 18.7 Å². The van der Waals surface area contributed by atoms with Crippen molar-refractivity contribution in [2.75, 3.05) is 18.4 Å². The van der Waals surface area contributed by atoms with Gasteiger partial charge in [0, 0.05) is 24.7 Å². The van der Waals surface area contributed by atoms with Crippen molar-refractivity contribution in [1.82, 2.24) is 9.88 Å². The van der Waals surface area contributed by atoms with Gasteiger partial charge in [-0.1, -0.05) is 0 Å². The van der Waals surface area contributed by atoms with E-state index >= 15 is 0 Å². The van der Waals surface area contributed by atoms with Crippen LogP contribution >= 0.6 is 0 Å². The van der Waals surface area contributed by atoms with Gasteiger partial charge in [0.05, 0.1) is 18.1 Å². The predicted molar refractivity (Wildman–Crippen MR) is 72.2 cm³/mol. The highest BCUT2D eigenvalue weighted by Gasteiger charge is 2.18. The Labute approximate surface area is 108 Å². The molecule has 1 aliphatic heterocycles. The average molecular weight is 251 g/mol. The van der Waals surface area contributed by atoms with Gasteiger partial charge in [0.15, 0.2) is 0 Å². The van der Waals surface area contributed by atoms with E-state index < -0.39 is 0 Å². The first-order valence-corrected chi connectivity index (χ1v) is 6.76. The van der Waals surface area contributed by atoms with Crippen LogP contribution in [0.5, 0.6) is 0 Å². The number of halogens is 1. The highest BCUT2D eigenvalue weighted by Crippen LogP contribution is 2.18. The molecule has 1 aromatic rings. The number of anilines is 1. The minimum Gasteiger partial charge on any atom is -0.381 e. The van der Waals surface area contributed by atoms with Gasteiger partial charge in [-0.2, -0.15) is 0 Å². The van der Waals surface area contributed by atoms with Gasteiger partial charge in [-0.15, -0.1) is 0 Å². The molecule has 0 bridgehead atoms. The Balaban J connectivity index is 1.91.